The maximum absolute atomic E-state index is 5.73. The quantitative estimate of drug-likeness (QED) is 0.702. The second-order valence-corrected chi connectivity index (χ2v) is 2.96. The number of para-hydroxylation sites is 1. The maximum atomic E-state index is 5.73. The van der Waals surface area contributed by atoms with Crippen molar-refractivity contribution in [2.75, 3.05) is 13.2 Å². The number of rotatable bonds is 5. The smallest absolute Gasteiger partial charge is 0.119 e. The van der Waals surface area contributed by atoms with E-state index < -0.39 is 0 Å². The van der Waals surface area contributed by atoms with Crippen LogP contribution in [0.5, 0.6) is 5.75 Å². The fourth-order valence-electron chi connectivity index (χ4n) is 1.02. The highest BCUT2D eigenvalue weighted by molar-refractivity contribution is 5.20. The molecule has 0 fully saturated rings. The molecule has 3 nitrogen and oxygen atoms in total. The lowest BCUT2D eigenvalue weighted by Gasteiger charge is -2.11. The molecule has 1 unspecified atom stereocenters. The molecule has 0 aliphatic rings. The Morgan fingerprint density at radius 2 is 1.92 bits per heavy atom. The Labute approximate surface area is 78.7 Å². The monoisotopic (exact) mass is 180 g/mol. The zero-order valence-electron chi connectivity index (χ0n) is 7.65. The summed E-state index contributed by atoms with van der Waals surface area (Å²) in [4.78, 5) is 0. The maximum Gasteiger partial charge on any atom is 0.119 e. The average Bonchev–Trinajstić information content (AvgIpc) is 2.17. The Morgan fingerprint density at radius 3 is 2.54 bits per heavy atom. The third-order valence-corrected chi connectivity index (χ3v) is 1.74. The standard InChI is InChI=1S/C10H16N2O/c11-7-6-9(12)8-13-10-4-2-1-3-5-10/h1-5,9H,6-8,11-12H2. The van der Waals surface area contributed by atoms with E-state index >= 15 is 0 Å². The van der Waals surface area contributed by atoms with Crippen LogP contribution in [-0.4, -0.2) is 19.2 Å². The van der Waals surface area contributed by atoms with E-state index in [4.69, 9.17) is 16.2 Å². The summed E-state index contributed by atoms with van der Waals surface area (Å²) < 4.78 is 5.44. The van der Waals surface area contributed by atoms with Crippen molar-refractivity contribution in [2.24, 2.45) is 11.5 Å². The summed E-state index contributed by atoms with van der Waals surface area (Å²) in [5.41, 5.74) is 11.1. The zero-order chi connectivity index (χ0) is 9.52. The van der Waals surface area contributed by atoms with Crippen LogP contribution in [0.1, 0.15) is 6.42 Å². The van der Waals surface area contributed by atoms with Crippen molar-refractivity contribution >= 4 is 0 Å². The van der Waals surface area contributed by atoms with Crippen LogP contribution in [0.3, 0.4) is 0 Å². The van der Waals surface area contributed by atoms with Crippen molar-refractivity contribution in [3.05, 3.63) is 30.3 Å². The van der Waals surface area contributed by atoms with Crippen molar-refractivity contribution < 1.29 is 4.74 Å². The first-order valence-electron chi connectivity index (χ1n) is 4.46. The molecular weight excluding hydrogens is 164 g/mol. The third kappa shape index (κ3) is 3.92. The lowest BCUT2D eigenvalue weighted by molar-refractivity contribution is 0.283. The van der Waals surface area contributed by atoms with Gasteiger partial charge in [0.15, 0.2) is 0 Å². The van der Waals surface area contributed by atoms with Crippen LogP contribution in [0.4, 0.5) is 0 Å². The molecule has 0 saturated heterocycles. The summed E-state index contributed by atoms with van der Waals surface area (Å²) in [6, 6.07) is 9.68. The Kier molecular flexibility index (Phi) is 4.29. The molecule has 0 spiro atoms. The Bertz CT molecular complexity index is 226. The number of ether oxygens (including phenoxy) is 1. The molecule has 72 valence electrons. The normalized spacial score (nSPS) is 12.5. The number of nitrogens with two attached hydrogens (primary N) is 2. The number of benzene rings is 1. The van der Waals surface area contributed by atoms with Crippen LogP contribution in [-0.2, 0) is 0 Å². The van der Waals surface area contributed by atoms with Gasteiger partial charge in [-0.1, -0.05) is 18.2 Å². The highest BCUT2D eigenvalue weighted by Crippen LogP contribution is 2.08. The van der Waals surface area contributed by atoms with E-state index in [1.165, 1.54) is 0 Å². The van der Waals surface area contributed by atoms with E-state index in [1.807, 2.05) is 30.3 Å². The van der Waals surface area contributed by atoms with Gasteiger partial charge in [0.05, 0.1) is 0 Å². The largest absolute Gasteiger partial charge is 0.492 e. The molecule has 1 aromatic rings. The van der Waals surface area contributed by atoms with Gasteiger partial charge in [0.2, 0.25) is 0 Å². The molecule has 0 amide bonds. The lowest BCUT2D eigenvalue weighted by atomic mass is 10.2. The molecule has 0 heterocycles. The SMILES string of the molecule is NCCC(N)COc1ccccc1. The predicted octanol–water partition coefficient (Wildman–Crippen LogP) is 0.742. The van der Waals surface area contributed by atoms with Gasteiger partial charge in [-0.2, -0.15) is 0 Å². The first-order valence-corrected chi connectivity index (χ1v) is 4.46. The predicted molar refractivity (Wildman–Crippen MR) is 53.6 cm³/mol. The Hall–Kier alpha value is -1.06. The molecule has 0 aliphatic carbocycles. The minimum atomic E-state index is 0.0326. The molecule has 0 radical (unpaired) electrons. The van der Waals surface area contributed by atoms with E-state index in [0.29, 0.717) is 13.2 Å². The summed E-state index contributed by atoms with van der Waals surface area (Å²) in [7, 11) is 0. The molecule has 1 rings (SSSR count). The van der Waals surface area contributed by atoms with Gasteiger partial charge in [0.25, 0.3) is 0 Å². The van der Waals surface area contributed by atoms with Crippen molar-refractivity contribution in [3.63, 3.8) is 0 Å². The number of hydrogen-bond acceptors (Lipinski definition) is 3. The van der Waals surface area contributed by atoms with Gasteiger partial charge in [0, 0.05) is 6.04 Å². The molecule has 13 heavy (non-hydrogen) atoms. The minimum absolute atomic E-state index is 0.0326. The van der Waals surface area contributed by atoms with Crippen LogP contribution >= 0.6 is 0 Å². The third-order valence-electron chi connectivity index (χ3n) is 1.74. The first kappa shape index (κ1) is 10.0. The molecule has 0 saturated carbocycles. The highest BCUT2D eigenvalue weighted by atomic mass is 16.5. The summed E-state index contributed by atoms with van der Waals surface area (Å²) >= 11 is 0. The molecule has 1 atom stereocenters. The van der Waals surface area contributed by atoms with E-state index in [1.54, 1.807) is 0 Å². The molecule has 0 aliphatic heterocycles. The van der Waals surface area contributed by atoms with E-state index in [2.05, 4.69) is 0 Å². The summed E-state index contributed by atoms with van der Waals surface area (Å²) in [5.74, 6) is 0.856. The van der Waals surface area contributed by atoms with Crippen LogP contribution in [0, 0.1) is 0 Å². The topological polar surface area (TPSA) is 61.3 Å². The van der Waals surface area contributed by atoms with Crippen molar-refractivity contribution in [1.29, 1.82) is 0 Å². The van der Waals surface area contributed by atoms with Crippen LogP contribution in [0.2, 0.25) is 0 Å². The molecule has 0 bridgehead atoms. The highest BCUT2D eigenvalue weighted by Gasteiger charge is 2.01. The minimum Gasteiger partial charge on any atom is -0.492 e. The number of hydrogen-bond donors (Lipinski definition) is 2. The van der Waals surface area contributed by atoms with E-state index in [0.717, 1.165) is 12.2 Å². The Morgan fingerprint density at radius 1 is 1.23 bits per heavy atom. The fourth-order valence-corrected chi connectivity index (χ4v) is 1.02. The Balaban J connectivity index is 2.27. The molecule has 1 aromatic carbocycles. The van der Waals surface area contributed by atoms with E-state index in [9.17, 15) is 0 Å². The van der Waals surface area contributed by atoms with Gasteiger partial charge in [0.1, 0.15) is 12.4 Å². The average molecular weight is 180 g/mol. The summed E-state index contributed by atoms with van der Waals surface area (Å²) in [6.07, 6.45) is 0.798. The molecule has 4 N–H and O–H groups in total. The summed E-state index contributed by atoms with van der Waals surface area (Å²) in [5, 5.41) is 0. The second-order valence-electron chi connectivity index (χ2n) is 2.96. The van der Waals surface area contributed by atoms with Crippen LogP contribution in [0.25, 0.3) is 0 Å². The second kappa shape index (κ2) is 5.56. The molecular formula is C10H16N2O. The fraction of sp³-hybridized carbons (Fsp3) is 0.400. The van der Waals surface area contributed by atoms with Gasteiger partial charge >= 0.3 is 0 Å². The molecule has 3 heteroatoms. The first-order chi connectivity index (χ1) is 6.33. The van der Waals surface area contributed by atoms with E-state index in [-0.39, 0.29) is 6.04 Å². The van der Waals surface area contributed by atoms with Gasteiger partial charge in [-0.25, -0.2) is 0 Å². The van der Waals surface area contributed by atoms with Crippen molar-refractivity contribution in [2.45, 2.75) is 12.5 Å². The lowest BCUT2D eigenvalue weighted by Crippen LogP contribution is -2.30. The van der Waals surface area contributed by atoms with Gasteiger partial charge < -0.3 is 16.2 Å². The van der Waals surface area contributed by atoms with Gasteiger partial charge in [-0.3, -0.25) is 0 Å². The zero-order valence-corrected chi connectivity index (χ0v) is 7.65. The van der Waals surface area contributed by atoms with Crippen LogP contribution < -0.4 is 16.2 Å². The molecule has 0 aromatic heterocycles. The van der Waals surface area contributed by atoms with Crippen molar-refractivity contribution in [3.8, 4) is 5.75 Å². The van der Waals surface area contributed by atoms with Gasteiger partial charge in [-0.05, 0) is 25.1 Å². The van der Waals surface area contributed by atoms with Gasteiger partial charge in [-0.15, -0.1) is 0 Å². The summed E-state index contributed by atoms with van der Waals surface area (Å²) in [6.45, 7) is 1.14. The van der Waals surface area contributed by atoms with Crippen LogP contribution in [0.15, 0.2) is 30.3 Å². The van der Waals surface area contributed by atoms with Crippen molar-refractivity contribution in [1.82, 2.24) is 0 Å².